The smallest absolute Gasteiger partial charge is 0.416 e. The lowest BCUT2D eigenvalue weighted by molar-refractivity contribution is -0.137. The molecule has 0 heterocycles. The number of hydrogen-bond donors (Lipinski definition) is 2. The van der Waals surface area contributed by atoms with Crippen LogP contribution in [0.15, 0.2) is 84.0 Å². The fraction of sp³-hybridized carbons (Fsp3) is 0.0435. The summed E-state index contributed by atoms with van der Waals surface area (Å²) in [6, 6.07) is 18.5. The molecule has 33 heavy (non-hydrogen) atoms. The van der Waals surface area contributed by atoms with Crippen molar-refractivity contribution in [2.45, 2.75) is 6.18 Å². The Morgan fingerprint density at radius 1 is 0.848 bits per heavy atom. The molecule has 0 radical (unpaired) electrons. The van der Waals surface area contributed by atoms with Crippen LogP contribution in [0.5, 0.6) is 5.75 Å². The number of halogens is 3. The number of nitrogens with one attached hydrogen (secondary N) is 2. The van der Waals surface area contributed by atoms with Gasteiger partial charge in [0, 0.05) is 5.69 Å². The van der Waals surface area contributed by atoms with Crippen molar-refractivity contribution < 1.29 is 32.3 Å². The third-order valence-corrected chi connectivity index (χ3v) is 4.11. The average molecular weight is 455 g/mol. The molecule has 2 amide bonds. The van der Waals surface area contributed by atoms with E-state index in [9.17, 15) is 27.6 Å². The summed E-state index contributed by atoms with van der Waals surface area (Å²) < 4.78 is 43.5. The average Bonchev–Trinajstić information content (AvgIpc) is 2.79. The van der Waals surface area contributed by atoms with E-state index in [1.165, 1.54) is 18.3 Å². The molecule has 0 saturated carbocycles. The number of hydrogen-bond acceptors (Lipinski definition) is 5. The van der Waals surface area contributed by atoms with Crippen molar-refractivity contribution in [1.29, 1.82) is 0 Å². The summed E-state index contributed by atoms with van der Waals surface area (Å²) in [6.45, 7) is 0. The number of ether oxygens (including phenoxy) is 1. The second kappa shape index (κ2) is 10.2. The monoisotopic (exact) mass is 455 g/mol. The Balaban J connectivity index is 1.56. The predicted molar refractivity (Wildman–Crippen MR) is 114 cm³/mol. The SMILES string of the molecule is O=C(N/N=C/c1cccc(OC(=O)c2ccccc2)c1)C(=O)Nc1cccc(C(F)(F)F)c1. The van der Waals surface area contributed by atoms with Crippen LogP contribution in [0.2, 0.25) is 0 Å². The van der Waals surface area contributed by atoms with Gasteiger partial charge in [-0.15, -0.1) is 0 Å². The minimum absolute atomic E-state index is 0.193. The van der Waals surface area contributed by atoms with E-state index in [2.05, 4.69) is 10.4 Å². The van der Waals surface area contributed by atoms with Crippen LogP contribution in [0.1, 0.15) is 21.5 Å². The molecule has 3 aromatic rings. The fourth-order valence-corrected chi connectivity index (χ4v) is 2.58. The van der Waals surface area contributed by atoms with Gasteiger partial charge in [0.25, 0.3) is 0 Å². The lowest BCUT2D eigenvalue weighted by Gasteiger charge is -2.09. The molecule has 0 atom stereocenters. The van der Waals surface area contributed by atoms with Gasteiger partial charge in [0.2, 0.25) is 0 Å². The molecule has 0 unspecified atom stereocenters. The molecule has 10 heteroatoms. The van der Waals surface area contributed by atoms with Crippen LogP contribution in [-0.2, 0) is 15.8 Å². The fourth-order valence-electron chi connectivity index (χ4n) is 2.58. The number of alkyl halides is 3. The van der Waals surface area contributed by atoms with Gasteiger partial charge in [-0.2, -0.15) is 18.3 Å². The Hall–Kier alpha value is -4.47. The molecule has 2 N–H and O–H groups in total. The summed E-state index contributed by atoms with van der Waals surface area (Å²) >= 11 is 0. The highest BCUT2D eigenvalue weighted by Crippen LogP contribution is 2.30. The van der Waals surface area contributed by atoms with Crippen LogP contribution in [0.25, 0.3) is 0 Å². The van der Waals surface area contributed by atoms with E-state index in [4.69, 9.17) is 4.74 Å². The molecule has 0 aliphatic rings. The summed E-state index contributed by atoms with van der Waals surface area (Å²) in [5, 5.41) is 5.70. The first-order valence-electron chi connectivity index (χ1n) is 9.41. The van der Waals surface area contributed by atoms with E-state index >= 15 is 0 Å². The Morgan fingerprint density at radius 2 is 1.58 bits per heavy atom. The Bertz CT molecular complexity index is 1190. The molecule has 0 saturated heterocycles. The lowest BCUT2D eigenvalue weighted by atomic mass is 10.2. The molecular formula is C23H16F3N3O4. The molecule has 3 aromatic carbocycles. The van der Waals surface area contributed by atoms with Gasteiger partial charge in [-0.25, -0.2) is 10.2 Å². The number of carbonyl (C=O) groups is 3. The topological polar surface area (TPSA) is 96.9 Å². The summed E-state index contributed by atoms with van der Waals surface area (Å²) in [7, 11) is 0. The number of anilines is 1. The molecule has 168 valence electrons. The molecular weight excluding hydrogens is 439 g/mol. The van der Waals surface area contributed by atoms with Crippen molar-refractivity contribution in [3.8, 4) is 5.75 Å². The molecule has 0 aliphatic heterocycles. The van der Waals surface area contributed by atoms with Gasteiger partial charge >= 0.3 is 24.0 Å². The predicted octanol–water partition coefficient (Wildman–Crippen LogP) is 4.01. The Kier molecular flexibility index (Phi) is 7.19. The van der Waals surface area contributed by atoms with E-state index in [1.807, 2.05) is 5.43 Å². The molecule has 0 fully saturated rings. The first kappa shape index (κ1) is 23.2. The van der Waals surface area contributed by atoms with Crippen LogP contribution in [-0.4, -0.2) is 24.0 Å². The summed E-state index contributed by atoms with van der Waals surface area (Å²) in [6.07, 6.45) is -3.38. The van der Waals surface area contributed by atoms with E-state index in [0.717, 1.165) is 12.1 Å². The van der Waals surface area contributed by atoms with E-state index in [1.54, 1.807) is 48.5 Å². The van der Waals surface area contributed by atoms with E-state index in [0.29, 0.717) is 17.2 Å². The molecule has 0 aliphatic carbocycles. The molecule has 3 rings (SSSR count). The zero-order valence-electron chi connectivity index (χ0n) is 16.8. The van der Waals surface area contributed by atoms with Crippen LogP contribution < -0.4 is 15.5 Å². The van der Waals surface area contributed by atoms with Crippen molar-refractivity contribution in [2.75, 3.05) is 5.32 Å². The van der Waals surface area contributed by atoms with Gasteiger partial charge in [0.05, 0.1) is 17.3 Å². The number of rotatable bonds is 5. The highest BCUT2D eigenvalue weighted by molar-refractivity contribution is 6.39. The van der Waals surface area contributed by atoms with Crippen molar-refractivity contribution in [3.63, 3.8) is 0 Å². The van der Waals surface area contributed by atoms with Gasteiger partial charge in [0.15, 0.2) is 0 Å². The second-order valence-corrected chi connectivity index (χ2v) is 6.56. The van der Waals surface area contributed by atoms with Crippen LogP contribution in [0.3, 0.4) is 0 Å². The minimum Gasteiger partial charge on any atom is -0.423 e. The maximum absolute atomic E-state index is 12.7. The van der Waals surface area contributed by atoms with Crippen molar-refractivity contribution >= 4 is 29.7 Å². The highest BCUT2D eigenvalue weighted by atomic mass is 19.4. The maximum Gasteiger partial charge on any atom is 0.416 e. The van der Waals surface area contributed by atoms with Crippen molar-refractivity contribution in [1.82, 2.24) is 5.43 Å². The van der Waals surface area contributed by atoms with Gasteiger partial charge in [-0.05, 0) is 48.0 Å². The third-order valence-electron chi connectivity index (χ3n) is 4.11. The number of nitrogens with zero attached hydrogens (tertiary/aromatic N) is 1. The summed E-state index contributed by atoms with van der Waals surface area (Å²) in [5.74, 6) is -2.70. The Labute approximate surface area is 185 Å². The van der Waals surface area contributed by atoms with E-state index < -0.39 is 29.5 Å². The lowest BCUT2D eigenvalue weighted by Crippen LogP contribution is -2.32. The second-order valence-electron chi connectivity index (χ2n) is 6.56. The van der Waals surface area contributed by atoms with Crippen LogP contribution in [0.4, 0.5) is 18.9 Å². The van der Waals surface area contributed by atoms with Crippen molar-refractivity contribution in [3.05, 3.63) is 95.6 Å². The zero-order valence-corrected chi connectivity index (χ0v) is 16.8. The first-order valence-corrected chi connectivity index (χ1v) is 9.41. The number of benzene rings is 3. The van der Waals surface area contributed by atoms with E-state index in [-0.39, 0.29) is 11.4 Å². The quantitative estimate of drug-likeness (QED) is 0.200. The summed E-state index contributed by atoms with van der Waals surface area (Å²) in [4.78, 5) is 35.9. The molecule has 0 aromatic heterocycles. The number of esters is 1. The summed E-state index contributed by atoms with van der Waals surface area (Å²) in [5.41, 5.74) is 1.63. The molecule has 7 nitrogen and oxygen atoms in total. The maximum atomic E-state index is 12.7. The molecule has 0 bridgehead atoms. The third kappa shape index (κ3) is 6.76. The number of amides is 2. The van der Waals surface area contributed by atoms with Gasteiger partial charge in [0.1, 0.15) is 5.75 Å². The van der Waals surface area contributed by atoms with Crippen LogP contribution >= 0.6 is 0 Å². The minimum atomic E-state index is -4.59. The van der Waals surface area contributed by atoms with Gasteiger partial charge in [-0.3, -0.25) is 9.59 Å². The highest BCUT2D eigenvalue weighted by Gasteiger charge is 2.30. The zero-order chi connectivity index (χ0) is 23.8. The molecule has 0 spiro atoms. The standard InChI is InChI=1S/C23H16F3N3O4/c24-23(25,26)17-9-5-10-18(13-17)28-20(30)21(31)29-27-14-15-6-4-11-19(12-15)33-22(32)16-7-2-1-3-8-16/h1-14H,(H,28,30)(H,29,31)/b27-14+. The largest absolute Gasteiger partial charge is 0.423 e. The normalized spacial score (nSPS) is 11.1. The number of hydrazone groups is 1. The number of carbonyl (C=O) groups excluding carboxylic acids is 3. The Morgan fingerprint density at radius 3 is 2.30 bits per heavy atom. The van der Waals surface area contributed by atoms with Gasteiger partial charge in [-0.1, -0.05) is 36.4 Å². The van der Waals surface area contributed by atoms with Crippen molar-refractivity contribution in [2.24, 2.45) is 5.10 Å². The van der Waals surface area contributed by atoms with Crippen LogP contribution in [0, 0.1) is 0 Å². The van der Waals surface area contributed by atoms with Gasteiger partial charge < -0.3 is 10.1 Å². The first-order chi connectivity index (χ1) is 15.7.